The second-order valence-electron chi connectivity index (χ2n) is 11.0. The SMILES string of the molecule is CC(=O)N[C@@H]1[C@@H](O)[C@H](O)[C@@H](CO[C@]2(C(=O)O)C[C@@H](O)[C@@H](O)[C@@H]([C@H](O)CO[C@]3(C(=O)O)C[C@@H](O)[C@@H](O)[C@@H]([C@H](O)CO)O3)O2)O[C@H]1O. The zero-order valence-corrected chi connectivity index (χ0v) is 23.7. The van der Waals surface area contributed by atoms with Crippen molar-refractivity contribution >= 4 is 17.8 Å². The number of carbonyl (C=O) groups is 3. The predicted octanol–water partition coefficient (Wildman–Crippen LogP) is -7.74. The molecule has 3 aliphatic rings. The zero-order chi connectivity index (χ0) is 34.0. The zero-order valence-electron chi connectivity index (χ0n) is 23.7. The molecule has 3 aliphatic heterocycles. The number of amides is 1. The number of carbonyl (C=O) groups excluding carboxylic acids is 1. The standard InChI is InChI=1S/C24H39NO20/c1-7(27)25-13-17(35)16(34)12(43-20(13)36)6-42-24(22(39)40)3-9(29)15(33)19(45-24)11(31)5-41-23(21(37)38)2-8(28)14(32)18(44-23)10(30)4-26/h8-20,26,28-36H,2-6H2,1H3,(H,25,27)(H,37,38)(H,39,40)/t8-,9-,10-,11-,12-,13-,14-,15-,16-,17-,18-,19-,20-,23-,24-/m1/s1. The first-order chi connectivity index (χ1) is 20.9. The van der Waals surface area contributed by atoms with E-state index in [0.717, 1.165) is 6.92 Å². The van der Waals surface area contributed by atoms with Crippen LogP contribution in [0.1, 0.15) is 19.8 Å². The molecule has 3 saturated heterocycles. The van der Waals surface area contributed by atoms with E-state index in [9.17, 15) is 75.7 Å². The molecule has 0 unspecified atom stereocenters. The molecule has 0 radical (unpaired) electrons. The minimum Gasteiger partial charge on any atom is -0.477 e. The molecule has 15 atom stereocenters. The fourth-order valence-corrected chi connectivity index (χ4v) is 5.21. The van der Waals surface area contributed by atoms with E-state index >= 15 is 0 Å². The Hall–Kier alpha value is -2.19. The second kappa shape index (κ2) is 14.7. The number of aliphatic carboxylic acids is 2. The normalized spacial score (nSPS) is 43.7. The number of hydrogen-bond acceptors (Lipinski definition) is 18. The van der Waals surface area contributed by atoms with Crippen molar-refractivity contribution in [2.24, 2.45) is 0 Å². The molecule has 21 nitrogen and oxygen atoms in total. The summed E-state index contributed by atoms with van der Waals surface area (Å²) in [6.45, 7) is -2.01. The van der Waals surface area contributed by atoms with Crippen LogP contribution in [0.4, 0.5) is 0 Å². The van der Waals surface area contributed by atoms with Crippen molar-refractivity contribution in [2.75, 3.05) is 19.8 Å². The summed E-state index contributed by atoms with van der Waals surface area (Å²) >= 11 is 0. The fourth-order valence-electron chi connectivity index (χ4n) is 5.21. The maximum Gasteiger partial charge on any atom is 0.364 e. The van der Waals surface area contributed by atoms with Crippen LogP contribution in [0, 0.1) is 0 Å². The highest BCUT2D eigenvalue weighted by Crippen LogP contribution is 2.36. The Morgan fingerprint density at radius 2 is 1.29 bits per heavy atom. The van der Waals surface area contributed by atoms with Gasteiger partial charge in [0.1, 0.15) is 61.0 Å². The smallest absolute Gasteiger partial charge is 0.364 e. The Bertz CT molecular complexity index is 1050. The van der Waals surface area contributed by atoms with Gasteiger partial charge in [0.25, 0.3) is 11.6 Å². The van der Waals surface area contributed by atoms with Crippen molar-refractivity contribution in [1.29, 1.82) is 0 Å². The third kappa shape index (κ3) is 7.86. The molecule has 0 aromatic heterocycles. The summed E-state index contributed by atoms with van der Waals surface area (Å²) in [5.74, 6) is -10.2. The first kappa shape index (κ1) is 37.3. The van der Waals surface area contributed by atoms with Gasteiger partial charge in [0.2, 0.25) is 5.91 Å². The quantitative estimate of drug-likeness (QED) is 0.0923. The lowest BCUT2D eigenvalue weighted by Gasteiger charge is -2.46. The Morgan fingerprint density at radius 3 is 1.76 bits per heavy atom. The molecule has 3 fully saturated rings. The molecule has 21 heteroatoms. The van der Waals surface area contributed by atoms with Crippen LogP contribution < -0.4 is 5.32 Å². The van der Waals surface area contributed by atoms with E-state index in [1.54, 1.807) is 0 Å². The van der Waals surface area contributed by atoms with Crippen molar-refractivity contribution in [1.82, 2.24) is 5.32 Å². The summed E-state index contributed by atoms with van der Waals surface area (Å²) in [4.78, 5) is 35.7. The summed E-state index contributed by atoms with van der Waals surface area (Å²) in [5, 5.41) is 124. The van der Waals surface area contributed by atoms with Crippen LogP contribution in [0.2, 0.25) is 0 Å². The molecular formula is C24H39NO20. The van der Waals surface area contributed by atoms with Crippen LogP contribution in [-0.2, 0) is 38.1 Å². The monoisotopic (exact) mass is 661 g/mol. The van der Waals surface area contributed by atoms with Gasteiger partial charge in [-0.2, -0.15) is 0 Å². The number of carboxylic acids is 2. The number of nitrogens with one attached hydrogen (secondary N) is 1. The Labute approximate surface area is 253 Å². The van der Waals surface area contributed by atoms with Gasteiger partial charge in [0.05, 0.1) is 32.0 Å². The molecule has 0 bridgehead atoms. The number of aliphatic hydroxyl groups is 10. The van der Waals surface area contributed by atoms with Crippen LogP contribution in [-0.4, -0.2) is 190 Å². The topological polar surface area (TPSA) is 352 Å². The third-order valence-corrected chi connectivity index (χ3v) is 7.73. The molecule has 0 aromatic rings. The highest BCUT2D eigenvalue weighted by Gasteiger charge is 2.58. The molecular weight excluding hydrogens is 622 g/mol. The highest BCUT2D eigenvalue weighted by molar-refractivity contribution is 5.76. The van der Waals surface area contributed by atoms with E-state index in [2.05, 4.69) is 5.32 Å². The molecule has 13 N–H and O–H groups in total. The minimum absolute atomic E-state index is 0.675. The maximum atomic E-state index is 12.3. The maximum absolute atomic E-state index is 12.3. The van der Waals surface area contributed by atoms with Gasteiger partial charge in [-0.15, -0.1) is 0 Å². The van der Waals surface area contributed by atoms with Crippen molar-refractivity contribution in [3.8, 4) is 0 Å². The summed E-state index contributed by atoms with van der Waals surface area (Å²) in [6.07, 6.45) is -24.8. The Morgan fingerprint density at radius 1 is 0.800 bits per heavy atom. The van der Waals surface area contributed by atoms with E-state index < -0.39 is 142 Å². The van der Waals surface area contributed by atoms with Crippen LogP contribution in [0.15, 0.2) is 0 Å². The number of carboxylic acid groups (broad SMARTS) is 2. The van der Waals surface area contributed by atoms with Crippen molar-refractivity contribution in [3.63, 3.8) is 0 Å². The average molecular weight is 662 g/mol. The summed E-state index contributed by atoms with van der Waals surface area (Å²) in [7, 11) is 0. The van der Waals surface area contributed by atoms with Crippen LogP contribution in [0.25, 0.3) is 0 Å². The van der Waals surface area contributed by atoms with Gasteiger partial charge in [-0.1, -0.05) is 0 Å². The molecule has 3 rings (SSSR count). The summed E-state index contributed by atoms with van der Waals surface area (Å²) in [6, 6.07) is -1.46. The molecule has 1 amide bonds. The number of ether oxygens (including phenoxy) is 5. The van der Waals surface area contributed by atoms with E-state index in [-0.39, 0.29) is 0 Å². The van der Waals surface area contributed by atoms with E-state index in [1.165, 1.54) is 0 Å². The van der Waals surface area contributed by atoms with Crippen molar-refractivity contribution in [3.05, 3.63) is 0 Å². The lowest BCUT2D eigenvalue weighted by molar-refractivity contribution is -0.349. The van der Waals surface area contributed by atoms with Crippen molar-refractivity contribution < 1.29 is 99.3 Å². The lowest BCUT2D eigenvalue weighted by atomic mass is 9.91. The highest BCUT2D eigenvalue weighted by atomic mass is 16.8. The number of aliphatic hydroxyl groups excluding tert-OH is 10. The molecule has 0 aromatic carbocycles. The van der Waals surface area contributed by atoms with Gasteiger partial charge in [-0.05, 0) is 0 Å². The fraction of sp³-hybridized carbons (Fsp3) is 0.875. The van der Waals surface area contributed by atoms with Crippen LogP contribution in [0.5, 0.6) is 0 Å². The summed E-state index contributed by atoms with van der Waals surface area (Å²) < 4.78 is 26.2. The number of rotatable bonds is 12. The first-order valence-electron chi connectivity index (χ1n) is 13.7. The molecule has 0 aliphatic carbocycles. The average Bonchev–Trinajstić information content (AvgIpc) is 2.97. The van der Waals surface area contributed by atoms with Gasteiger partial charge in [0, 0.05) is 19.8 Å². The Kier molecular flexibility index (Phi) is 12.2. The lowest BCUT2D eigenvalue weighted by Crippen LogP contribution is -2.66. The van der Waals surface area contributed by atoms with Gasteiger partial charge in [0.15, 0.2) is 6.29 Å². The molecule has 3 heterocycles. The second-order valence-corrected chi connectivity index (χ2v) is 11.0. The molecule has 0 spiro atoms. The van der Waals surface area contributed by atoms with E-state index in [4.69, 9.17) is 23.7 Å². The van der Waals surface area contributed by atoms with E-state index in [0.29, 0.717) is 0 Å². The minimum atomic E-state index is -2.87. The van der Waals surface area contributed by atoms with Gasteiger partial charge < -0.3 is 90.3 Å². The van der Waals surface area contributed by atoms with E-state index in [1.807, 2.05) is 0 Å². The Balaban J connectivity index is 1.76. The van der Waals surface area contributed by atoms with Gasteiger partial charge >= 0.3 is 11.9 Å². The van der Waals surface area contributed by atoms with Crippen LogP contribution in [0.3, 0.4) is 0 Å². The van der Waals surface area contributed by atoms with Gasteiger partial charge in [-0.25, -0.2) is 9.59 Å². The predicted molar refractivity (Wildman–Crippen MR) is 135 cm³/mol. The van der Waals surface area contributed by atoms with Crippen LogP contribution >= 0.6 is 0 Å². The third-order valence-electron chi connectivity index (χ3n) is 7.73. The van der Waals surface area contributed by atoms with Gasteiger partial charge in [-0.3, -0.25) is 4.79 Å². The summed E-state index contributed by atoms with van der Waals surface area (Å²) in [5.41, 5.74) is 0. The largest absolute Gasteiger partial charge is 0.477 e. The molecule has 45 heavy (non-hydrogen) atoms. The molecule has 260 valence electrons. The molecule has 0 saturated carbocycles. The number of hydrogen-bond donors (Lipinski definition) is 13. The first-order valence-corrected chi connectivity index (χ1v) is 13.7. The van der Waals surface area contributed by atoms with Crippen molar-refractivity contribution in [2.45, 2.75) is 111 Å².